The van der Waals surface area contributed by atoms with Gasteiger partial charge >= 0.3 is 0 Å². The molecule has 2 aromatic rings. The number of hydrogen-bond donors (Lipinski definition) is 1. The maximum atomic E-state index is 6.35. The first kappa shape index (κ1) is 17.8. The summed E-state index contributed by atoms with van der Waals surface area (Å²) in [4.78, 5) is 0. The molecule has 2 aliphatic rings. The second kappa shape index (κ2) is 6.84. The second-order valence-corrected chi connectivity index (χ2v) is 11.2. The van der Waals surface area contributed by atoms with E-state index in [1.165, 1.54) is 16.7 Å². The van der Waals surface area contributed by atoms with Gasteiger partial charge < -0.3 is 4.67 Å². The molecule has 0 amide bonds. The van der Waals surface area contributed by atoms with E-state index in [2.05, 4.69) is 57.9 Å². The third kappa shape index (κ3) is 2.84. The highest BCUT2D eigenvalue weighted by Crippen LogP contribution is 2.63. The lowest BCUT2D eigenvalue weighted by Gasteiger charge is -2.53. The summed E-state index contributed by atoms with van der Waals surface area (Å²) in [5.74, 6) is 0.550. The normalized spacial score (nSPS) is 25.2. The molecular weight excluding hydrogens is 392 g/mol. The minimum atomic E-state index is -2.13. The topological polar surface area (TPSA) is 18.5 Å². The number of anilines is 1. The fourth-order valence-electron chi connectivity index (χ4n) is 3.92. The number of benzene rings is 2. The highest BCUT2D eigenvalue weighted by Gasteiger charge is 2.45. The summed E-state index contributed by atoms with van der Waals surface area (Å²) in [5.41, 5.74) is 5.13. The highest BCUT2D eigenvalue weighted by atomic mass is 35.5. The van der Waals surface area contributed by atoms with E-state index < -0.39 is 6.49 Å². The van der Waals surface area contributed by atoms with Crippen molar-refractivity contribution in [1.29, 1.82) is 0 Å². The third-order valence-corrected chi connectivity index (χ3v) is 10.0. The Morgan fingerprint density at radius 2 is 2.04 bits per heavy atom. The Morgan fingerprint density at radius 3 is 2.84 bits per heavy atom. The van der Waals surface area contributed by atoms with Gasteiger partial charge in [-0.05, 0) is 53.1 Å². The fraction of sp³-hybridized carbons (Fsp3) is 0.333. The number of nitrogens with zero attached hydrogens (tertiary/aromatic N) is 2. The van der Waals surface area contributed by atoms with Crippen LogP contribution in [0.3, 0.4) is 0 Å². The molecule has 0 aliphatic carbocycles. The van der Waals surface area contributed by atoms with Crippen molar-refractivity contribution >= 4 is 47.2 Å². The summed E-state index contributed by atoms with van der Waals surface area (Å²) in [7, 11) is 2.09. The van der Waals surface area contributed by atoms with Gasteiger partial charge in [-0.15, -0.1) is 11.6 Å². The van der Waals surface area contributed by atoms with Gasteiger partial charge in [0, 0.05) is 36.7 Å². The van der Waals surface area contributed by atoms with Crippen LogP contribution in [0.2, 0.25) is 5.02 Å². The molecule has 2 aromatic carbocycles. The molecule has 3 nitrogen and oxygen atoms in total. The lowest BCUT2D eigenvalue weighted by molar-refractivity contribution is 0.359. The Kier molecular flexibility index (Phi) is 4.87. The monoisotopic (exact) mass is 411 g/mol. The van der Waals surface area contributed by atoms with E-state index in [0.29, 0.717) is 12.4 Å². The Labute approximate surface area is 164 Å². The molecule has 0 saturated heterocycles. The van der Waals surface area contributed by atoms with Crippen molar-refractivity contribution in [1.82, 2.24) is 9.76 Å². The van der Waals surface area contributed by atoms with E-state index in [-0.39, 0.29) is 6.04 Å². The van der Waals surface area contributed by atoms with Gasteiger partial charge in [0.2, 0.25) is 0 Å². The van der Waals surface area contributed by atoms with Gasteiger partial charge in [-0.1, -0.05) is 35.9 Å². The van der Waals surface area contributed by atoms with Crippen molar-refractivity contribution in [3.05, 3.63) is 64.2 Å². The third-order valence-electron chi connectivity index (χ3n) is 5.06. The lowest BCUT2D eigenvalue weighted by Crippen LogP contribution is -2.46. The number of rotatable bonds is 3. The van der Waals surface area contributed by atoms with Crippen molar-refractivity contribution in [2.45, 2.75) is 12.5 Å². The van der Waals surface area contributed by atoms with E-state index in [0.717, 1.165) is 23.7 Å². The zero-order valence-corrected chi connectivity index (χ0v) is 17.2. The summed E-state index contributed by atoms with van der Waals surface area (Å²) in [6.07, 6.45) is 1.01. The summed E-state index contributed by atoms with van der Waals surface area (Å²) in [5, 5.41) is 4.36. The van der Waals surface area contributed by atoms with Crippen LogP contribution in [-0.4, -0.2) is 30.7 Å². The van der Waals surface area contributed by atoms with E-state index in [9.17, 15) is 0 Å². The van der Waals surface area contributed by atoms with Gasteiger partial charge in [0.25, 0.3) is 0 Å². The molecule has 2 unspecified atom stereocenters. The molecule has 7 heteroatoms. The van der Waals surface area contributed by atoms with Crippen LogP contribution in [0.25, 0.3) is 0 Å². The molecule has 2 atom stereocenters. The summed E-state index contributed by atoms with van der Waals surface area (Å²) in [6, 6.07) is 15.0. The molecule has 0 bridgehead atoms. The van der Waals surface area contributed by atoms with Crippen LogP contribution >= 0.6 is 29.7 Å². The quantitative estimate of drug-likeness (QED) is 0.577. The SMILES string of the molecule is CN1c2ccc(Cl)cc2C2c3ccccc3CCN2P1(=S)NCCCl. The molecule has 0 saturated carbocycles. The minimum Gasteiger partial charge on any atom is -0.324 e. The van der Waals surface area contributed by atoms with E-state index in [1.54, 1.807) is 0 Å². The first-order valence-electron chi connectivity index (χ1n) is 8.36. The molecule has 0 radical (unpaired) electrons. The van der Waals surface area contributed by atoms with Gasteiger partial charge in [-0.25, -0.2) is 4.67 Å². The van der Waals surface area contributed by atoms with Crippen molar-refractivity contribution < 1.29 is 0 Å². The minimum absolute atomic E-state index is 0.142. The predicted octanol–water partition coefficient (Wildman–Crippen LogP) is 4.79. The molecule has 0 aromatic heterocycles. The van der Waals surface area contributed by atoms with Crippen LogP contribution in [0.4, 0.5) is 5.69 Å². The number of hydrogen-bond acceptors (Lipinski definition) is 1. The zero-order chi connectivity index (χ0) is 17.6. The number of nitrogens with one attached hydrogen (secondary N) is 1. The van der Waals surface area contributed by atoms with Gasteiger partial charge in [0.15, 0.2) is 6.49 Å². The average Bonchev–Trinajstić information content (AvgIpc) is 2.63. The van der Waals surface area contributed by atoms with Crippen LogP contribution in [0.15, 0.2) is 42.5 Å². The molecule has 2 heterocycles. The largest absolute Gasteiger partial charge is 0.324 e. The lowest BCUT2D eigenvalue weighted by atomic mass is 9.89. The Hall–Kier alpha value is -0.610. The Balaban J connectivity index is 1.94. The van der Waals surface area contributed by atoms with Crippen LogP contribution in [0.1, 0.15) is 22.7 Å². The van der Waals surface area contributed by atoms with Gasteiger partial charge in [-0.2, -0.15) is 0 Å². The number of alkyl halides is 1. The molecule has 0 spiro atoms. The zero-order valence-electron chi connectivity index (χ0n) is 14.0. The Bertz CT molecular complexity index is 860. The van der Waals surface area contributed by atoms with Gasteiger partial charge in [0.05, 0.1) is 6.04 Å². The van der Waals surface area contributed by atoms with Gasteiger partial charge in [0.1, 0.15) is 0 Å². The maximum absolute atomic E-state index is 6.35. The molecular formula is C18H20Cl2N3PS. The molecule has 25 heavy (non-hydrogen) atoms. The molecule has 0 fully saturated rings. The summed E-state index contributed by atoms with van der Waals surface area (Å²) >= 11 is 18.6. The summed E-state index contributed by atoms with van der Waals surface area (Å²) in [6.45, 7) is -0.493. The number of halogens is 2. The van der Waals surface area contributed by atoms with Crippen molar-refractivity contribution in [2.75, 3.05) is 30.7 Å². The first-order valence-corrected chi connectivity index (χ1v) is 12.0. The molecule has 1 N–H and O–H groups in total. The molecule has 4 rings (SSSR count). The summed E-state index contributed by atoms with van der Waals surface area (Å²) < 4.78 is 4.71. The highest BCUT2D eigenvalue weighted by molar-refractivity contribution is 8.13. The molecule has 132 valence electrons. The van der Waals surface area contributed by atoms with Gasteiger partial charge in [-0.3, -0.25) is 5.09 Å². The standard InChI is InChI=1S/C18H20Cl2N3PS/c1-22-17-7-6-14(20)12-16(17)18-15-5-3-2-4-13(15)8-11-23(18)24(22,25)21-10-9-19/h2-7,12,18H,8-11H2,1H3,(H,21,25). The second-order valence-electron chi connectivity index (χ2n) is 6.38. The van der Waals surface area contributed by atoms with Crippen LogP contribution < -0.4 is 9.76 Å². The van der Waals surface area contributed by atoms with E-state index in [1.807, 2.05) is 6.07 Å². The number of fused-ring (bicyclic) bond motifs is 5. The maximum Gasteiger partial charge on any atom is 0.167 e. The van der Waals surface area contributed by atoms with Crippen molar-refractivity contribution in [3.63, 3.8) is 0 Å². The first-order chi connectivity index (χ1) is 12.1. The smallest absolute Gasteiger partial charge is 0.167 e. The van der Waals surface area contributed by atoms with Crippen LogP contribution in [-0.2, 0) is 18.2 Å². The van der Waals surface area contributed by atoms with E-state index >= 15 is 0 Å². The van der Waals surface area contributed by atoms with Crippen LogP contribution in [0.5, 0.6) is 0 Å². The average molecular weight is 412 g/mol. The van der Waals surface area contributed by atoms with Crippen molar-refractivity contribution in [2.24, 2.45) is 0 Å². The van der Waals surface area contributed by atoms with E-state index in [4.69, 9.17) is 35.0 Å². The fourth-order valence-corrected chi connectivity index (χ4v) is 7.94. The molecule has 2 aliphatic heterocycles. The van der Waals surface area contributed by atoms with Crippen LogP contribution in [0, 0.1) is 0 Å². The van der Waals surface area contributed by atoms with Crippen molar-refractivity contribution in [3.8, 4) is 0 Å². The Morgan fingerprint density at radius 1 is 1.24 bits per heavy atom. The predicted molar refractivity (Wildman–Crippen MR) is 112 cm³/mol.